The zero-order valence-electron chi connectivity index (χ0n) is 11.3. The van der Waals surface area contributed by atoms with Crippen LogP contribution in [-0.2, 0) is 23.0 Å². The lowest BCUT2D eigenvalue weighted by atomic mass is 10.2. The lowest BCUT2D eigenvalue weighted by molar-refractivity contribution is 0.675. The summed E-state index contributed by atoms with van der Waals surface area (Å²) in [5.74, 6) is 1.02. The summed E-state index contributed by atoms with van der Waals surface area (Å²) in [5, 5.41) is 16.8. The SMILES string of the molecule is CCc1nc(S(=O)Cc2nnc(-c3ccccc3)s2)n[nH]1. The Balaban J connectivity index is 1.74. The summed E-state index contributed by atoms with van der Waals surface area (Å²) in [7, 11) is -1.30. The summed E-state index contributed by atoms with van der Waals surface area (Å²) < 4.78 is 12.2. The molecule has 2 aromatic heterocycles. The van der Waals surface area contributed by atoms with Gasteiger partial charge in [-0.3, -0.25) is 9.31 Å². The first-order valence-electron chi connectivity index (χ1n) is 6.43. The summed E-state index contributed by atoms with van der Waals surface area (Å²) in [5.41, 5.74) is 1.01. The highest BCUT2D eigenvalue weighted by molar-refractivity contribution is 7.84. The molecule has 0 aliphatic heterocycles. The number of aromatic amines is 1. The maximum Gasteiger partial charge on any atom is 0.239 e. The molecule has 0 amide bonds. The van der Waals surface area contributed by atoms with Gasteiger partial charge in [0.05, 0.1) is 16.6 Å². The zero-order chi connectivity index (χ0) is 14.7. The van der Waals surface area contributed by atoms with Crippen LogP contribution in [0, 0.1) is 0 Å². The smallest absolute Gasteiger partial charge is 0.239 e. The van der Waals surface area contributed by atoms with E-state index >= 15 is 0 Å². The first-order chi connectivity index (χ1) is 10.3. The van der Waals surface area contributed by atoms with Crippen LogP contribution in [0.3, 0.4) is 0 Å². The monoisotopic (exact) mass is 319 g/mol. The Kier molecular flexibility index (Phi) is 4.16. The van der Waals surface area contributed by atoms with Crippen LogP contribution in [0.5, 0.6) is 0 Å². The second-order valence-corrected chi connectivity index (χ2v) is 6.68. The molecule has 3 aromatic rings. The third-order valence-corrected chi connectivity index (χ3v) is 5.07. The van der Waals surface area contributed by atoms with Crippen LogP contribution in [0.4, 0.5) is 0 Å². The van der Waals surface area contributed by atoms with Crippen LogP contribution >= 0.6 is 11.3 Å². The number of rotatable bonds is 5. The highest BCUT2D eigenvalue weighted by Crippen LogP contribution is 2.24. The van der Waals surface area contributed by atoms with Crippen molar-refractivity contribution >= 4 is 22.1 Å². The average molecular weight is 319 g/mol. The molecule has 0 aliphatic carbocycles. The predicted molar refractivity (Wildman–Crippen MR) is 81.2 cm³/mol. The van der Waals surface area contributed by atoms with E-state index < -0.39 is 10.8 Å². The highest BCUT2D eigenvalue weighted by Gasteiger charge is 2.14. The van der Waals surface area contributed by atoms with Gasteiger partial charge in [-0.05, 0) is 0 Å². The van der Waals surface area contributed by atoms with E-state index in [-0.39, 0.29) is 5.75 Å². The molecule has 0 saturated heterocycles. The van der Waals surface area contributed by atoms with Crippen LogP contribution in [0.1, 0.15) is 17.8 Å². The van der Waals surface area contributed by atoms with Crippen LogP contribution in [0.15, 0.2) is 35.5 Å². The van der Waals surface area contributed by atoms with Gasteiger partial charge in [-0.25, -0.2) is 4.98 Å². The Morgan fingerprint density at radius 2 is 2.05 bits per heavy atom. The number of aryl methyl sites for hydroxylation is 1. The highest BCUT2D eigenvalue weighted by atomic mass is 32.2. The van der Waals surface area contributed by atoms with Crippen molar-refractivity contribution in [3.63, 3.8) is 0 Å². The van der Waals surface area contributed by atoms with Crippen molar-refractivity contribution in [3.05, 3.63) is 41.2 Å². The van der Waals surface area contributed by atoms with Crippen molar-refractivity contribution in [3.8, 4) is 10.6 Å². The predicted octanol–water partition coefficient (Wildman–Crippen LogP) is 2.19. The molecule has 0 radical (unpaired) electrons. The Bertz CT molecular complexity index is 753. The lowest BCUT2D eigenvalue weighted by Gasteiger charge is -1.93. The molecule has 1 unspecified atom stereocenters. The normalized spacial score (nSPS) is 12.4. The quantitative estimate of drug-likeness (QED) is 0.779. The maximum atomic E-state index is 12.2. The third-order valence-electron chi connectivity index (χ3n) is 2.79. The van der Waals surface area contributed by atoms with Crippen molar-refractivity contribution < 1.29 is 4.21 Å². The van der Waals surface area contributed by atoms with Crippen LogP contribution in [0.2, 0.25) is 0 Å². The molecule has 0 fully saturated rings. The lowest BCUT2D eigenvalue weighted by Crippen LogP contribution is -1.98. The minimum Gasteiger partial charge on any atom is -0.262 e. The van der Waals surface area contributed by atoms with Gasteiger partial charge >= 0.3 is 0 Å². The molecule has 0 spiro atoms. The number of aromatic nitrogens is 5. The second-order valence-electron chi connectivity index (χ2n) is 4.28. The molecular formula is C13H13N5OS2. The number of hydrogen-bond acceptors (Lipinski definition) is 6. The molecule has 0 saturated carbocycles. The molecule has 0 bridgehead atoms. The number of benzene rings is 1. The number of nitrogens with zero attached hydrogens (tertiary/aromatic N) is 4. The van der Waals surface area contributed by atoms with Crippen molar-refractivity contribution in [1.29, 1.82) is 0 Å². The first-order valence-corrected chi connectivity index (χ1v) is 8.57. The van der Waals surface area contributed by atoms with Gasteiger partial charge in [-0.15, -0.1) is 15.3 Å². The maximum absolute atomic E-state index is 12.2. The summed E-state index contributed by atoms with van der Waals surface area (Å²) >= 11 is 1.44. The largest absolute Gasteiger partial charge is 0.262 e. The van der Waals surface area contributed by atoms with Crippen LogP contribution in [-0.4, -0.2) is 29.6 Å². The molecule has 6 nitrogen and oxygen atoms in total. The van der Waals surface area contributed by atoms with Gasteiger partial charge in [0.1, 0.15) is 15.8 Å². The van der Waals surface area contributed by atoms with E-state index in [4.69, 9.17) is 0 Å². The summed E-state index contributed by atoms with van der Waals surface area (Å²) in [6.45, 7) is 1.96. The second kappa shape index (κ2) is 6.23. The first kappa shape index (κ1) is 14.0. The molecule has 8 heteroatoms. The van der Waals surface area contributed by atoms with E-state index in [1.807, 2.05) is 37.3 Å². The molecular weight excluding hydrogens is 306 g/mol. The van der Waals surface area contributed by atoms with E-state index in [1.54, 1.807) is 0 Å². The van der Waals surface area contributed by atoms with E-state index in [2.05, 4.69) is 25.4 Å². The minimum atomic E-state index is -1.30. The van der Waals surface area contributed by atoms with Gasteiger partial charge in [0.15, 0.2) is 0 Å². The number of hydrogen-bond donors (Lipinski definition) is 1. The zero-order valence-corrected chi connectivity index (χ0v) is 12.9. The molecule has 2 heterocycles. The molecule has 21 heavy (non-hydrogen) atoms. The van der Waals surface area contributed by atoms with Gasteiger partial charge in [0.25, 0.3) is 0 Å². The Morgan fingerprint density at radius 3 is 2.76 bits per heavy atom. The van der Waals surface area contributed by atoms with Crippen LogP contribution in [0.25, 0.3) is 10.6 Å². The molecule has 3 rings (SSSR count). The molecule has 1 aromatic carbocycles. The third kappa shape index (κ3) is 3.22. The fraction of sp³-hybridized carbons (Fsp3) is 0.231. The number of nitrogens with one attached hydrogen (secondary N) is 1. The summed E-state index contributed by atoms with van der Waals surface area (Å²) in [6.07, 6.45) is 0.737. The topological polar surface area (TPSA) is 84.4 Å². The van der Waals surface area contributed by atoms with E-state index in [0.717, 1.165) is 27.8 Å². The molecule has 108 valence electrons. The molecule has 1 atom stereocenters. The summed E-state index contributed by atoms with van der Waals surface area (Å²) in [6, 6.07) is 9.81. The average Bonchev–Trinajstić information content (AvgIpc) is 3.17. The van der Waals surface area contributed by atoms with Gasteiger partial charge in [0.2, 0.25) is 5.16 Å². The Morgan fingerprint density at radius 1 is 1.24 bits per heavy atom. The van der Waals surface area contributed by atoms with Crippen molar-refractivity contribution in [1.82, 2.24) is 25.4 Å². The summed E-state index contributed by atoms with van der Waals surface area (Å²) in [4.78, 5) is 4.18. The fourth-order valence-corrected chi connectivity index (χ4v) is 3.69. The molecule has 1 N–H and O–H groups in total. The van der Waals surface area contributed by atoms with Crippen molar-refractivity contribution in [2.24, 2.45) is 0 Å². The fourth-order valence-electron chi connectivity index (χ4n) is 1.72. The van der Waals surface area contributed by atoms with Crippen molar-refractivity contribution in [2.45, 2.75) is 24.3 Å². The van der Waals surface area contributed by atoms with E-state index in [0.29, 0.717) is 5.16 Å². The molecule has 0 aliphatic rings. The standard InChI is InChI=1S/C13H13N5OS2/c1-2-10-14-13(18-15-10)21(19)8-11-16-17-12(20-11)9-6-4-3-5-7-9/h3-7H,2,8H2,1H3,(H,14,15,18). The van der Waals surface area contributed by atoms with Gasteiger partial charge in [0, 0.05) is 12.0 Å². The minimum absolute atomic E-state index is 0.283. The Labute approximate surface area is 128 Å². The van der Waals surface area contributed by atoms with E-state index in [9.17, 15) is 4.21 Å². The van der Waals surface area contributed by atoms with Crippen LogP contribution < -0.4 is 0 Å². The number of H-pyrrole nitrogens is 1. The van der Waals surface area contributed by atoms with Crippen molar-refractivity contribution in [2.75, 3.05) is 0 Å². The van der Waals surface area contributed by atoms with Gasteiger partial charge in [-0.2, -0.15) is 0 Å². The Hall–Kier alpha value is -1.93. The van der Waals surface area contributed by atoms with Gasteiger partial charge < -0.3 is 0 Å². The van der Waals surface area contributed by atoms with E-state index in [1.165, 1.54) is 11.3 Å². The van der Waals surface area contributed by atoms with Gasteiger partial charge in [-0.1, -0.05) is 48.6 Å².